The first-order chi connectivity index (χ1) is 8.36. The van der Waals surface area contributed by atoms with Crippen LogP contribution in [0.4, 0.5) is 0 Å². The number of aliphatic imine (C=N–C) groups is 1. The Kier molecular flexibility index (Phi) is 8.21. The van der Waals surface area contributed by atoms with Crippen molar-refractivity contribution in [1.29, 1.82) is 0 Å². The Hall–Kier alpha value is -0.0900. The second kappa shape index (κ2) is 8.25. The van der Waals surface area contributed by atoms with E-state index in [1.807, 2.05) is 18.9 Å². The number of hydrogen-bond donors (Lipinski definition) is 1. The van der Waals surface area contributed by atoms with Crippen molar-refractivity contribution in [2.45, 2.75) is 32.2 Å². The summed E-state index contributed by atoms with van der Waals surface area (Å²) in [5, 5.41) is 0. The molecule has 0 bridgehead atoms. The predicted molar refractivity (Wildman–Crippen MR) is 89.4 cm³/mol. The molecule has 1 aliphatic rings. The SMILES string of the molecule is CCN(CCCN=C(N)N(C)C1CC1)S(C)(=O)=O.I. The molecule has 0 atom stereocenters. The average Bonchev–Trinajstić information content (AvgIpc) is 3.09. The van der Waals surface area contributed by atoms with E-state index in [9.17, 15) is 8.42 Å². The van der Waals surface area contributed by atoms with E-state index in [1.165, 1.54) is 23.4 Å². The molecule has 0 radical (unpaired) electrons. The van der Waals surface area contributed by atoms with Crippen molar-refractivity contribution < 1.29 is 8.42 Å². The fourth-order valence-electron chi connectivity index (χ4n) is 1.76. The Morgan fingerprint density at radius 3 is 2.42 bits per heavy atom. The summed E-state index contributed by atoms with van der Waals surface area (Å²) in [5.41, 5.74) is 5.84. The molecule has 0 aromatic heterocycles. The zero-order chi connectivity index (χ0) is 13.8. The van der Waals surface area contributed by atoms with Gasteiger partial charge in [0.2, 0.25) is 10.0 Å². The van der Waals surface area contributed by atoms with Crippen LogP contribution in [-0.2, 0) is 10.0 Å². The van der Waals surface area contributed by atoms with Crippen molar-refractivity contribution in [3.63, 3.8) is 0 Å². The molecule has 0 aromatic carbocycles. The molecule has 114 valence electrons. The monoisotopic (exact) mass is 404 g/mol. The Bertz CT molecular complexity index is 395. The van der Waals surface area contributed by atoms with Gasteiger partial charge in [-0.3, -0.25) is 4.99 Å². The second-order valence-electron chi connectivity index (χ2n) is 4.69. The predicted octanol–water partition coefficient (Wildman–Crippen LogP) is 0.685. The van der Waals surface area contributed by atoms with Crippen LogP contribution in [0.1, 0.15) is 26.2 Å². The molecule has 6 nitrogen and oxygen atoms in total. The zero-order valence-corrected chi connectivity index (χ0v) is 15.0. The maximum absolute atomic E-state index is 11.4. The molecule has 1 rings (SSSR count). The highest BCUT2D eigenvalue weighted by Gasteiger charge is 2.27. The van der Waals surface area contributed by atoms with Crippen LogP contribution in [0.5, 0.6) is 0 Å². The molecule has 1 fully saturated rings. The summed E-state index contributed by atoms with van der Waals surface area (Å²) < 4.78 is 24.2. The van der Waals surface area contributed by atoms with Gasteiger partial charge in [0.1, 0.15) is 0 Å². The summed E-state index contributed by atoms with van der Waals surface area (Å²) in [6, 6.07) is 0.553. The standard InChI is InChI=1S/C11H24N4O2S.HI/c1-4-15(18(3,16)17)9-5-8-13-11(12)14(2)10-6-7-10;/h10H,4-9H2,1-3H3,(H2,12,13);1H. The van der Waals surface area contributed by atoms with Crippen molar-refractivity contribution in [2.75, 3.05) is 32.9 Å². The lowest BCUT2D eigenvalue weighted by atomic mass is 10.4. The molecule has 0 aromatic rings. The molecule has 0 saturated heterocycles. The first-order valence-electron chi connectivity index (χ1n) is 6.34. The van der Waals surface area contributed by atoms with Crippen LogP contribution in [0.15, 0.2) is 4.99 Å². The number of nitrogens with zero attached hydrogens (tertiary/aromatic N) is 3. The van der Waals surface area contributed by atoms with Crippen LogP contribution in [-0.4, -0.2) is 62.6 Å². The van der Waals surface area contributed by atoms with Crippen LogP contribution < -0.4 is 5.73 Å². The number of nitrogens with two attached hydrogens (primary N) is 1. The Labute approximate surface area is 133 Å². The maximum Gasteiger partial charge on any atom is 0.211 e. The highest BCUT2D eigenvalue weighted by atomic mass is 127. The topological polar surface area (TPSA) is 79.0 Å². The molecular weight excluding hydrogens is 379 g/mol. The van der Waals surface area contributed by atoms with Gasteiger partial charge < -0.3 is 10.6 Å². The van der Waals surface area contributed by atoms with E-state index in [-0.39, 0.29) is 24.0 Å². The van der Waals surface area contributed by atoms with Crippen molar-refractivity contribution in [1.82, 2.24) is 9.21 Å². The molecule has 0 heterocycles. The van der Waals surface area contributed by atoms with Gasteiger partial charge in [-0.15, -0.1) is 24.0 Å². The Balaban J connectivity index is 0.00000324. The lowest BCUT2D eigenvalue weighted by molar-refractivity contribution is 0.426. The quantitative estimate of drug-likeness (QED) is 0.293. The van der Waals surface area contributed by atoms with Crippen molar-refractivity contribution in [3.05, 3.63) is 0 Å². The summed E-state index contributed by atoms with van der Waals surface area (Å²) >= 11 is 0. The van der Waals surface area contributed by atoms with Gasteiger partial charge in [0.25, 0.3) is 0 Å². The van der Waals surface area contributed by atoms with Gasteiger partial charge in [-0.25, -0.2) is 12.7 Å². The number of sulfonamides is 1. The van der Waals surface area contributed by atoms with E-state index in [1.54, 1.807) is 0 Å². The molecule has 2 N–H and O–H groups in total. The molecule has 0 aliphatic heterocycles. The Morgan fingerprint density at radius 2 is 2.00 bits per heavy atom. The summed E-state index contributed by atoms with van der Waals surface area (Å²) in [7, 11) is -1.14. The van der Waals surface area contributed by atoms with Crippen LogP contribution in [0, 0.1) is 0 Å². The molecular formula is C11H25IN4O2S. The highest BCUT2D eigenvalue weighted by molar-refractivity contribution is 14.0. The number of rotatable bonds is 7. The molecule has 19 heavy (non-hydrogen) atoms. The average molecular weight is 404 g/mol. The largest absolute Gasteiger partial charge is 0.370 e. The molecule has 0 amide bonds. The van der Waals surface area contributed by atoms with E-state index in [0.717, 1.165) is 0 Å². The number of halogens is 1. The molecule has 1 saturated carbocycles. The van der Waals surface area contributed by atoms with Gasteiger partial charge >= 0.3 is 0 Å². The van der Waals surface area contributed by atoms with Gasteiger partial charge in [0, 0.05) is 32.7 Å². The van der Waals surface area contributed by atoms with E-state index < -0.39 is 10.0 Å². The summed E-state index contributed by atoms with van der Waals surface area (Å²) in [4.78, 5) is 6.27. The fourth-order valence-corrected chi connectivity index (χ4v) is 2.69. The first kappa shape index (κ1) is 18.9. The zero-order valence-electron chi connectivity index (χ0n) is 11.9. The minimum absolute atomic E-state index is 0. The van der Waals surface area contributed by atoms with Gasteiger partial charge in [-0.05, 0) is 19.3 Å². The van der Waals surface area contributed by atoms with Crippen LogP contribution in [0.3, 0.4) is 0 Å². The normalized spacial score (nSPS) is 16.3. The smallest absolute Gasteiger partial charge is 0.211 e. The third-order valence-electron chi connectivity index (χ3n) is 3.12. The van der Waals surface area contributed by atoms with Gasteiger partial charge in [-0.2, -0.15) is 0 Å². The lowest BCUT2D eigenvalue weighted by Gasteiger charge is -2.18. The maximum atomic E-state index is 11.4. The van der Waals surface area contributed by atoms with E-state index >= 15 is 0 Å². The Morgan fingerprint density at radius 1 is 1.42 bits per heavy atom. The van der Waals surface area contributed by atoms with Gasteiger partial charge in [-0.1, -0.05) is 6.92 Å². The molecule has 8 heteroatoms. The number of guanidine groups is 1. The van der Waals surface area contributed by atoms with Gasteiger partial charge in [0.15, 0.2) is 5.96 Å². The van der Waals surface area contributed by atoms with E-state index in [4.69, 9.17) is 5.73 Å². The van der Waals surface area contributed by atoms with Gasteiger partial charge in [0.05, 0.1) is 6.26 Å². The van der Waals surface area contributed by atoms with E-state index in [2.05, 4.69) is 4.99 Å². The minimum atomic E-state index is -3.09. The lowest BCUT2D eigenvalue weighted by Crippen LogP contribution is -2.36. The first-order valence-corrected chi connectivity index (χ1v) is 8.19. The minimum Gasteiger partial charge on any atom is -0.370 e. The second-order valence-corrected chi connectivity index (χ2v) is 6.67. The fraction of sp³-hybridized carbons (Fsp3) is 0.909. The van der Waals surface area contributed by atoms with Crippen LogP contribution in [0.25, 0.3) is 0 Å². The summed E-state index contributed by atoms with van der Waals surface area (Å²) in [6.45, 7) is 3.40. The molecule has 0 spiro atoms. The van der Waals surface area contributed by atoms with Crippen molar-refractivity contribution >= 4 is 40.0 Å². The molecule has 0 unspecified atom stereocenters. The highest BCUT2D eigenvalue weighted by Crippen LogP contribution is 2.24. The van der Waals surface area contributed by atoms with Crippen LogP contribution >= 0.6 is 24.0 Å². The van der Waals surface area contributed by atoms with E-state index in [0.29, 0.717) is 38.1 Å². The van der Waals surface area contributed by atoms with Crippen molar-refractivity contribution in [2.24, 2.45) is 10.7 Å². The van der Waals surface area contributed by atoms with Crippen molar-refractivity contribution in [3.8, 4) is 0 Å². The van der Waals surface area contributed by atoms with Crippen LogP contribution in [0.2, 0.25) is 0 Å². The molecule has 1 aliphatic carbocycles. The third-order valence-corrected chi connectivity index (χ3v) is 4.50. The summed E-state index contributed by atoms with van der Waals surface area (Å²) in [5.74, 6) is 0.555. The summed E-state index contributed by atoms with van der Waals surface area (Å²) in [6.07, 6.45) is 4.30. The third kappa shape index (κ3) is 6.75. The number of hydrogen-bond acceptors (Lipinski definition) is 3.